The molecule has 10 nitrogen and oxygen atoms in total. The molecule has 1 aromatic rings. The Kier molecular flexibility index (Phi) is 8.91. The molecule has 1 heterocycles. The number of hydrogen-bond acceptors (Lipinski definition) is 8. The second-order valence-electron chi connectivity index (χ2n) is 4.83. The first-order valence-electron chi connectivity index (χ1n) is 8.00. The number of aromatic nitrogens is 2. The third kappa shape index (κ3) is 6.05. The molecule has 0 fully saturated rings. The van der Waals surface area contributed by atoms with Crippen molar-refractivity contribution in [3.8, 4) is 0 Å². The van der Waals surface area contributed by atoms with Gasteiger partial charge in [-0.15, -0.1) is 0 Å². The average molecular weight is 494 g/mol. The molecular weight excluding hydrogens is 475 g/mol. The van der Waals surface area contributed by atoms with Crippen molar-refractivity contribution in [2.24, 2.45) is 0 Å². The molecule has 1 rings (SSSR count). The Hall–Kier alpha value is -2.44. The maximum atomic E-state index is 12.7. The molecule has 27 heavy (non-hydrogen) atoms. The zero-order valence-corrected chi connectivity index (χ0v) is 17.2. The third-order valence-corrected chi connectivity index (χ3v) is 3.75. The summed E-state index contributed by atoms with van der Waals surface area (Å²) in [6.07, 6.45) is 1.87. The summed E-state index contributed by atoms with van der Waals surface area (Å²) in [4.78, 5) is 60.6. The standard InChI is InChI=1S/C16H19IN2O8/c1-4-25-12(20)7-11(15(23)27-6-3)18-8-10(17)14(22)19(16(18)24)9-13(21)26-5-2/h7-8H,4-6,9H2,1-3H3/b11-7-. The number of hydrogen-bond donors (Lipinski definition) is 0. The van der Waals surface area contributed by atoms with E-state index in [0.29, 0.717) is 4.57 Å². The summed E-state index contributed by atoms with van der Waals surface area (Å²) in [5, 5.41) is 0. The van der Waals surface area contributed by atoms with Crippen molar-refractivity contribution in [1.29, 1.82) is 0 Å². The van der Waals surface area contributed by atoms with Crippen LogP contribution in [0.2, 0.25) is 0 Å². The van der Waals surface area contributed by atoms with Crippen molar-refractivity contribution in [2.45, 2.75) is 27.3 Å². The van der Waals surface area contributed by atoms with Crippen LogP contribution in [0.1, 0.15) is 20.8 Å². The minimum absolute atomic E-state index is 0.00664. The van der Waals surface area contributed by atoms with E-state index in [4.69, 9.17) is 14.2 Å². The number of halogens is 1. The smallest absolute Gasteiger partial charge is 0.355 e. The summed E-state index contributed by atoms with van der Waals surface area (Å²) in [5.41, 5.74) is -2.18. The first kappa shape index (κ1) is 22.6. The highest BCUT2D eigenvalue weighted by Crippen LogP contribution is 2.07. The van der Waals surface area contributed by atoms with Crippen molar-refractivity contribution in [3.63, 3.8) is 0 Å². The van der Waals surface area contributed by atoms with Crippen LogP contribution in [-0.4, -0.2) is 46.9 Å². The fourth-order valence-electron chi connectivity index (χ4n) is 1.94. The largest absolute Gasteiger partial charge is 0.465 e. The molecule has 0 spiro atoms. The molecule has 0 aliphatic heterocycles. The highest BCUT2D eigenvalue weighted by molar-refractivity contribution is 14.1. The van der Waals surface area contributed by atoms with Gasteiger partial charge in [0.05, 0.1) is 29.5 Å². The van der Waals surface area contributed by atoms with Crippen LogP contribution in [0.5, 0.6) is 0 Å². The Labute approximate surface area is 167 Å². The van der Waals surface area contributed by atoms with E-state index in [-0.39, 0.29) is 23.4 Å². The van der Waals surface area contributed by atoms with E-state index in [2.05, 4.69) is 0 Å². The van der Waals surface area contributed by atoms with E-state index < -0.39 is 41.4 Å². The number of esters is 3. The Bertz CT molecular complexity index is 868. The predicted molar refractivity (Wildman–Crippen MR) is 102 cm³/mol. The molecule has 0 saturated heterocycles. The lowest BCUT2D eigenvalue weighted by Gasteiger charge is -2.13. The predicted octanol–water partition coefficient (Wildman–Crippen LogP) is 0.145. The molecule has 0 aliphatic carbocycles. The van der Waals surface area contributed by atoms with Gasteiger partial charge in [0.25, 0.3) is 5.56 Å². The van der Waals surface area contributed by atoms with Crippen LogP contribution in [0.4, 0.5) is 0 Å². The maximum absolute atomic E-state index is 12.7. The number of rotatable bonds is 8. The lowest BCUT2D eigenvalue weighted by Crippen LogP contribution is -2.43. The summed E-state index contributed by atoms with van der Waals surface area (Å²) in [7, 11) is 0. The Balaban J connectivity index is 3.59. The van der Waals surface area contributed by atoms with Crippen LogP contribution >= 0.6 is 22.6 Å². The van der Waals surface area contributed by atoms with Gasteiger partial charge in [-0.1, -0.05) is 0 Å². The van der Waals surface area contributed by atoms with Crippen molar-refractivity contribution >= 4 is 46.2 Å². The van der Waals surface area contributed by atoms with E-state index in [0.717, 1.165) is 16.8 Å². The van der Waals surface area contributed by atoms with Gasteiger partial charge in [-0.3, -0.25) is 14.2 Å². The number of carbonyl (C=O) groups excluding carboxylic acids is 3. The topological polar surface area (TPSA) is 123 Å². The molecule has 1 aromatic heterocycles. The molecule has 0 radical (unpaired) electrons. The van der Waals surface area contributed by atoms with Crippen molar-refractivity contribution in [1.82, 2.24) is 9.13 Å². The Morgan fingerprint density at radius 2 is 1.63 bits per heavy atom. The Morgan fingerprint density at radius 3 is 2.19 bits per heavy atom. The molecule has 0 unspecified atom stereocenters. The molecule has 0 aromatic carbocycles. The van der Waals surface area contributed by atoms with Gasteiger partial charge in [0, 0.05) is 6.20 Å². The van der Waals surface area contributed by atoms with E-state index >= 15 is 0 Å². The van der Waals surface area contributed by atoms with Crippen molar-refractivity contribution in [3.05, 3.63) is 36.7 Å². The second-order valence-corrected chi connectivity index (χ2v) is 5.99. The van der Waals surface area contributed by atoms with Gasteiger partial charge in [0.1, 0.15) is 12.2 Å². The first-order chi connectivity index (χ1) is 12.8. The van der Waals surface area contributed by atoms with Crippen molar-refractivity contribution in [2.75, 3.05) is 19.8 Å². The van der Waals surface area contributed by atoms with E-state index in [1.165, 1.54) is 0 Å². The van der Waals surface area contributed by atoms with Crippen molar-refractivity contribution < 1.29 is 28.6 Å². The van der Waals surface area contributed by atoms with E-state index in [1.54, 1.807) is 43.4 Å². The molecule has 148 valence electrons. The number of ether oxygens (including phenoxy) is 3. The normalized spacial score (nSPS) is 11.0. The van der Waals surface area contributed by atoms with Gasteiger partial charge in [0.15, 0.2) is 0 Å². The van der Waals surface area contributed by atoms with Gasteiger partial charge >= 0.3 is 23.6 Å². The third-order valence-electron chi connectivity index (χ3n) is 3.01. The minimum Gasteiger partial charge on any atom is -0.465 e. The summed E-state index contributed by atoms with van der Waals surface area (Å²) >= 11 is 1.65. The molecule has 0 saturated carbocycles. The van der Waals surface area contributed by atoms with Crippen LogP contribution in [-0.2, 0) is 35.1 Å². The first-order valence-corrected chi connectivity index (χ1v) is 9.08. The average Bonchev–Trinajstić information content (AvgIpc) is 2.60. The van der Waals surface area contributed by atoms with Crippen LogP contribution in [0.3, 0.4) is 0 Å². The summed E-state index contributed by atoms with van der Waals surface area (Å²) in [6.45, 7) is 4.18. The van der Waals surface area contributed by atoms with Gasteiger partial charge in [-0.05, 0) is 43.4 Å². The molecule has 0 N–H and O–H groups in total. The molecule has 0 bridgehead atoms. The van der Waals surface area contributed by atoms with Crippen LogP contribution in [0.15, 0.2) is 21.9 Å². The fourth-order valence-corrected chi connectivity index (χ4v) is 2.51. The van der Waals surface area contributed by atoms with E-state index in [1.807, 2.05) is 0 Å². The highest BCUT2D eigenvalue weighted by atomic mass is 127. The second kappa shape index (κ2) is 10.6. The zero-order chi connectivity index (χ0) is 20.6. The van der Waals surface area contributed by atoms with Gasteiger partial charge in [-0.2, -0.15) is 0 Å². The van der Waals surface area contributed by atoms with Crippen LogP contribution < -0.4 is 11.2 Å². The number of carbonyl (C=O) groups is 3. The maximum Gasteiger partial charge on any atom is 0.355 e. The molecular formula is C16H19IN2O8. The summed E-state index contributed by atoms with van der Waals surface area (Å²) in [6, 6.07) is 0. The van der Waals surface area contributed by atoms with Gasteiger partial charge in [0.2, 0.25) is 0 Å². The molecule has 11 heteroatoms. The monoisotopic (exact) mass is 494 g/mol. The van der Waals surface area contributed by atoms with Gasteiger partial charge < -0.3 is 14.2 Å². The summed E-state index contributed by atoms with van der Waals surface area (Å²) < 4.78 is 15.8. The SMILES string of the molecule is CCOC(=O)/C=C(/C(=O)OCC)n1cc(I)c(=O)n(CC(=O)OCC)c1=O. The van der Waals surface area contributed by atoms with Gasteiger partial charge in [-0.25, -0.2) is 19.0 Å². The lowest BCUT2D eigenvalue weighted by molar-refractivity contribution is -0.144. The Morgan fingerprint density at radius 1 is 1.04 bits per heavy atom. The highest BCUT2D eigenvalue weighted by Gasteiger charge is 2.21. The molecule has 0 aliphatic rings. The lowest BCUT2D eigenvalue weighted by atomic mass is 10.3. The zero-order valence-electron chi connectivity index (χ0n) is 15.0. The summed E-state index contributed by atoms with van der Waals surface area (Å²) in [5.74, 6) is -2.63. The van der Waals surface area contributed by atoms with Crippen LogP contribution in [0, 0.1) is 3.57 Å². The quantitative estimate of drug-likeness (QED) is 0.217. The molecule has 0 atom stereocenters. The van der Waals surface area contributed by atoms with E-state index in [9.17, 15) is 24.0 Å². The molecule has 0 amide bonds. The minimum atomic E-state index is -1.00. The number of nitrogens with zero attached hydrogens (tertiary/aromatic N) is 2. The van der Waals surface area contributed by atoms with Crippen LogP contribution in [0.25, 0.3) is 5.70 Å². The fraction of sp³-hybridized carbons (Fsp3) is 0.438.